The molecule has 0 unspecified atom stereocenters. The minimum Gasteiger partial charge on any atom is -0.444 e. The van der Waals surface area contributed by atoms with E-state index in [-0.39, 0.29) is 23.2 Å². The van der Waals surface area contributed by atoms with Crippen LogP contribution in [0.2, 0.25) is 0 Å². The topological polar surface area (TPSA) is 29.5 Å². The van der Waals surface area contributed by atoms with E-state index >= 15 is 0 Å². The van der Waals surface area contributed by atoms with E-state index in [1.54, 1.807) is 0 Å². The van der Waals surface area contributed by atoms with Crippen molar-refractivity contribution in [2.24, 2.45) is 5.41 Å². The number of cyclic esters (lactones) is 1. The molecule has 0 aromatic rings. The summed E-state index contributed by atoms with van der Waals surface area (Å²) in [5, 5.41) is 0. The van der Waals surface area contributed by atoms with Crippen molar-refractivity contribution in [2.45, 2.75) is 51.8 Å². The van der Waals surface area contributed by atoms with Crippen LogP contribution in [0.15, 0.2) is 10.2 Å². The summed E-state index contributed by atoms with van der Waals surface area (Å²) in [5.41, 5.74) is -0.393. The van der Waals surface area contributed by atoms with E-state index in [1.165, 1.54) is 0 Å². The van der Waals surface area contributed by atoms with Crippen molar-refractivity contribution in [3.8, 4) is 0 Å². The summed E-state index contributed by atoms with van der Waals surface area (Å²) in [5.74, 6) is -0.0237. The Morgan fingerprint density at radius 3 is 2.88 bits per heavy atom. The van der Waals surface area contributed by atoms with Crippen LogP contribution in [-0.2, 0) is 9.53 Å². The van der Waals surface area contributed by atoms with Gasteiger partial charge in [-0.15, -0.1) is 0 Å². The van der Waals surface area contributed by atoms with Gasteiger partial charge in [-0.25, -0.2) is 4.79 Å². The monoisotopic (exact) mass is 349 g/mol. The average Bonchev–Trinajstić information content (AvgIpc) is 2.74. The highest BCUT2D eigenvalue weighted by atomic mass is 127. The molecule has 0 spiro atoms. The van der Waals surface area contributed by atoms with Crippen molar-refractivity contribution in [1.29, 1.82) is 0 Å². The Bertz CT molecular complexity index is 348. The van der Waals surface area contributed by atoms with Gasteiger partial charge in [0.1, 0.15) is 5.54 Å². The van der Waals surface area contributed by atoms with Gasteiger partial charge < -0.3 is 4.74 Å². The predicted octanol–water partition coefficient (Wildman–Crippen LogP) is 3.09. The molecule has 2 saturated heterocycles. The van der Waals surface area contributed by atoms with E-state index in [0.29, 0.717) is 0 Å². The molecule has 2 fully saturated rings. The average molecular weight is 349 g/mol. The molecule has 0 N–H and O–H groups in total. The Labute approximate surface area is 117 Å². The molecule has 96 valence electrons. The van der Waals surface area contributed by atoms with Crippen LogP contribution in [0.4, 0.5) is 0 Å². The van der Waals surface area contributed by atoms with Gasteiger partial charge >= 0.3 is 5.97 Å². The van der Waals surface area contributed by atoms with E-state index in [4.69, 9.17) is 4.74 Å². The maximum absolute atomic E-state index is 12.2. The Morgan fingerprint density at radius 1 is 1.59 bits per heavy atom. The smallest absolute Gasteiger partial charge is 0.328 e. The van der Waals surface area contributed by atoms with Crippen LogP contribution in [0.3, 0.4) is 0 Å². The van der Waals surface area contributed by atoms with Crippen molar-refractivity contribution in [1.82, 2.24) is 4.90 Å². The summed E-state index contributed by atoms with van der Waals surface area (Å²) in [6.07, 6.45) is 4.81. The summed E-state index contributed by atoms with van der Waals surface area (Å²) < 4.78 is 7.63. The highest BCUT2D eigenvalue weighted by Gasteiger charge is 2.59. The Morgan fingerprint density at radius 2 is 2.29 bits per heavy atom. The van der Waals surface area contributed by atoms with Crippen molar-refractivity contribution in [2.75, 3.05) is 6.54 Å². The van der Waals surface area contributed by atoms with Crippen LogP contribution < -0.4 is 0 Å². The second-order valence-corrected chi connectivity index (χ2v) is 6.74. The zero-order valence-electron chi connectivity index (χ0n) is 10.7. The number of ether oxygens (including phenoxy) is 1. The maximum atomic E-state index is 12.2. The highest BCUT2D eigenvalue weighted by molar-refractivity contribution is 14.1. The summed E-state index contributed by atoms with van der Waals surface area (Å²) in [6.45, 7) is 7.37. The SMILES string of the molecule is CC(C)(C)[C@@H]1OC(=O)[C@@]2(C/C=C\I)CCCN12. The number of hydrogen-bond acceptors (Lipinski definition) is 3. The fraction of sp³-hybridized carbons (Fsp3) is 0.769. The van der Waals surface area contributed by atoms with Crippen LogP contribution in [-0.4, -0.2) is 29.2 Å². The lowest BCUT2D eigenvalue weighted by molar-refractivity contribution is -0.149. The number of fused-ring (bicyclic) bond motifs is 1. The molecule has 17 heavy (non-hydrogen) atoms. The minimum absolute atomic E-state index is 0.0181. The summed E-state index contributed by atoms with van der Waals surface area (Å²) in [4.78, 5) is 14.5. The standard InChI is InChI=1S/C13H20INO2/c1-12(2,3)10-15-9-5-7-13(15,6-4-8-14)11(16)17-10/h4,8,10H,5-7,9H2,1-3H3/b8-4-/t10-,13+/m0/s1. The lowest BCUT2D eigenvalue weighted by Gasteiger charge is -2.35. The number of rotatable bonds is 2. The number of nitrogens with zero attached hydrogens (tertiary/aromatic N) is 1. The Hall–Kier alpha value is -0.100. The number of halogens is 1. The number of hydrogen-bond donors (Lipinski definition) is 0. The Kier molecular flexibility index (Phi) is 3.56. The van der Waals surface area contributed by atoms with Gasteiger partial charge in [0, 0.05) is 12.0 Å². The van der Waals surface area contributed by atoms with Crippen LogP contribution >= 0.6 is 22.6 Å². The third kappa shape index (κ3) is 2.14. The molecule has 2 rings (SSSR count). The van der Waals surface area contributed by atoms with Gasteiger partial charge in [0.2, 0.25) is 0 Å². The first-order chi connectivity index (χ1) is 7.92. The minimum atomic E-state index is -0.375. The zero-order chi connectivity index (χ0) is 12.7. The van der Waals surface area contributed by atoms with Gasteiger partial charge in [-0.2, -0.15) is 0 Å². The van der Waals surface area contributed by atoms with Gasteiger partial charge in [0.25, 0.3) is 0 Å². The Balaban J connectivity index is 2.29. The van der Waals surface area contributed by atoms with E-state index in [2.05, 4.69) is 54.3 Å². The first-order valence-corrected chi connectivity index (χ1v) is 7.39. The van der Waals surface area contributed by atoms with Gasteiger partial charge in [-0.3, -0.25) is 4.90 Å². The summed E-state index contributed by atoms with van der Waals surface area (Å²) >= 11 is 2.20. The molecule has 0 saturated carbocycles. The van der Waals surface area contributed by atoms with Crippen LogP contribution in [0.5, 0.6) is 0 Å². The first-order valence-electron chi connectivity index (χ1n) is 6.15. The van der Waals surface area contributed by atoms with Gasteiger partial charge in [-0.1, -0.05) is 49.4 Å². The predicted molar refractivity (Wildman–Crippen MR) is 75.8 cm³/mol. The van der Waals surface area contributed by atoms with Crippen molar-refractivity contribution < 1.29 is 9.53 Å². The van der Waals surface area contributed by atoms with E-state index in [1.807, 2.05) is 4.08 Å². The molecule has 2 aliphatic heterocycles. The zero-order valence-corrected chi connectivity index (χ0v) is 12.9. The quantitative estimate of drug-likeness (QED) is 0.567. The molecule has 0 aromatic heterocycles. The first kappa shape index (κ1) is 13.3. The number of esters is 1. The largest absolute Gasteiger partial charge is 0.444 e. The fourth-order valence-electron chi connectivity index (χ4n) is 2.92. The summed E-state index contributed by atoms with van der Waals surface area (Å²) in [6, 6.07) is 0. The second-order valence-electron chi connectivity index (χ2n) is 6.02. The molecule has 2 heterocycles. The number of carbonyl (C=O) groups is 1. The molecule has 2 aliphatic rings. The van der Waals surface area contributed by atoms with E-state index in [0.717, 1.165) is 25.8 Å². The molecule has 0 radical (unpaired) electrons. The van der Waals surface area contributed by atoms with E-state index < -0.39 is 0 Å². The lowest BCUT2D eigenvalue weighted by atomic mass is 9.90. The normalized spacial score (nSPS) is 34.4. The fourth-order valence-corrected chi connectivity index (χ4v) is 3.18. The summed E-state index contributed by atoms with van der Waals surface area (Å²) in [7, 11) is 0. The molecule has 0 aliphatic carbocycles. The van der Waals surface area contributed by atoms with Crippen LogP contribution in [0.25, 0.3) is 0 Å². The van der Waals surface area contributed by atoms with Gasteiger partial charge in [0.15, 0.2) is 6.23 Å². The molecule has 2 atom stereocenters. The van der Waals surface area contributed by atoms with Crippen molar-refractivity contribution >= 4 is 28.6 Å². The molecule has 0 aromatic carbocycles. The molecule has 4 heteroatoms. The third-order valence-electron chi connectivity index (χ3n) is 3.71. The molecule has 3 nitrogen and oxygen atoms in total. The van der Waals surface area contributed by atoms with Gasteiger partial charge in [-0.05, 0) is 23.3 Å². The highest BCUT2D eigenvalue weighted by Crippen LogP contribution is 2.45. The van der Waals surface area contributed by atoms with Crippen molar-refractivity contribution in [3.63, 3.8) is 0 Å². The van der Waals surface area contributed by atoms with Crippen LogP contribution in [0.1, 0.15) is 40.0 Å². The molecular weight excluding hydrogens is 329 g/mol. The lowest BCUT2D eigenvalue weighted by Crippen LogP contribution is -2.48. The van der Waals surface area contributed by atoms with Gasteiger partial charge in [0.05, 0.1) is 0 Å². The maximum Gasteiger partial charge on any atom is 0.328 e. The molecule has 0 amide bonds. The van der Waals surface area contributed by atoms with Crippen LogP contribution in [0, 0.1) is 5.41 Å². The third-order valence-corrected chi connectivity index (χ3v) is 4.21. The second kappa shape index (κ2) is 4.53. The number of carbonyl (C=O) groups excluding carboxylic acids is 1. The molecular formula is C13H20INO2. The molecule has 0 bridgehead atoms. The van der Waals surface area contributed by atoms with Crippen molar-refractivity contribution in [3.05, 3.63) is 10.2 Å². The van der Waals surface area contributed by atoms with E-state index in [9.17, 15) is 4.79 Å².